The monoisotopic (exact) mass is 608 g/mol. The minimum atomic E-state index is -0.557. The van der Waals surface area contributed by atoms with Crippen LogP contribution >= 0.6 is 0 Å². The van der Waals surface area contributed by atoms with Gasteiger partial charge in [0, 0.05) is 38.4 Å². The number of carbonyl (C=O) groups excluding carboxylic acids is 2. The highest BCUT2D eigenvalue weighted by atomic mass is 19.1. The number of benzene rings is 4. The van der Waals surface area contributed by atoms with E-state index < -0.39 is 23.9 Å². The van der Waals surface area contributed by atoms with Gasteiger partial charge in [0.05, 0.1) is 30.9 Å². The van der Waals surface area contributed by atoms with E-state index in [1.54, 1.807) is 36.3 Å². The maximum absolute atomic E-state index is 14.3. The number of anilines is 2. The van der Waals surface area contributed by atoms with Gasteiger partial charge in [-0.25, -0.2) is 14.0 Å². The number of piperidine rings is 1. The molecule has 8 nitrogen and oxygen atoms in total. The quantitative estimate of drug-likeness (QED) is 0.254. The molecule has 45 heavy (non-hydrogen) atoms. The number of hydrogen-bond acceptors (Lipinski definition) is 6. The normalized spacial score (nSPS) is 18.7. The second-order valence-corrected chi connectivity index (χ2v) is 11.3. The van der Waals surface area contributed by atoms with Gasteiger partial charge in [-0.3, -0.25) is 4.90 Å². The lowest BCUT2D eigenvalue weighted by atomic mass is 9.98. The largest absolute Gasteiger partial charge is 0.497 e. The summed E-state index contributed by atoms with van der Waals surface area (Å²) in [6, 6.07) is 31.0. The molecule has 0 radical (unpaired) electrons. The van der Waals surface area contributed by atoms with Gasteiger partial charge in [0.1, 0.15) is 17.7 Å². The van der Waals surface area contributed by atoms with E-state index in [1.165, 1.54) is 12.1 Å². The SMILES string of the molecule is COc1ccc(N2CCN([C@@H]3CCN(C(=O)Nc4ccccc4F)C[C@H]3OC(=O)c3ccc(-c4ccccc4)cc3)CC2)cc1. The van der Waals surface area contributed by atoms with E-state index in [4.69, 9.17) is 9.47 Å². The number of urea groups is 1. The number of hydrogen-bond donors (Lipinski definition) is 1. The first-order valence-corrected chi connectivity index (χ1v) is 15.3. The summed E-state index contributed by atoms with van der Waals surface area (Å²) >= 11 is 0. The van der Waals surface area contributed by atoms with Crippen molar-refractivity contribution < 1.29 is 23.5 Å². The summed E-state index contributed by atoms with van der Waals surface area (Å²) in [6.07, 6.45) is 0.0666. The van der Waals surface area contributed by atoms with Crippen LogP contribution in [0.1, 0.15) is 16.8 Å². The van der Waals surface area contributed by atoms with Crippen molar-refractivity contribution in [2.75, 3.05) is 56.6 Å². The molecule has 0 unspecified atom stereocenters. The number of para-hydroxylation sites is 1. The molecule has 2 saturated heterocycles. The Balaban J connectivity index is 1.16. The van der Waals surface area contributed by atoms with E-state index in [-0.39, 0.29) is 18.3 Å². The Morgan fingerprint density at radius 1 is 0.778 bits per heavy atom. The van der Waals surface area contributed by atoms with E-state index in [2.05, 4.69) is 27.2 Å². The number of rotatable bonds is 7. The Morgan fingerprint density at radius 2 is 1.44 bits per heavy atom. The van der Waals surface area contributed by atoms with Crippen LogP contribution in [0.4, 0.5) is 20.6 Å². The van der Waals surface area contributed by atoms with Crippen LogP contribution in [0.15, 0.2) is 103 Å². The first kappa shape index (κ1) is 30.1. The minimum absolute atomic E-state index is 0.0620. The van der Waals surface area contributed by atoms with Crippen molar-refractivity contribution in [1.29, 1.82) is 0 Å². The fraction of sp³-hybridized carbons (Fsp3) is 0.278. The zero-order valence-electron chi connectivity index (χ0n) is 25.3. The summed E-state index contributed by atoms with van der Waals surface area (Å²) < 4.78 is 25.7. The first-order chi connectivity index (χ1) is 22.0. The molecule has 232 valence electrons. The van der Waals surface area contributed by atoms with E-state index in [9.17, 15) is 14.0 Å². The van der Waals surface area contributed by atoms with Crippen LogP contribution in [0.5, 0.6) is 5.75 Å². The summed E-state index contributed by atoms with van der Waals surface area (Å²) in [4.78, 5) is 33.0. The molecule has 4 aromatic carbocycles. The van der Waals surface area contributed by atoms with Gasteiger partial charge in [0.15, 0.2) is 0 Å². The van der Waals surface area contributed by atoms with Crippen molar-refractivity contribution in [3.05, 3.63) is 115 Å². The molecule has 2 aliphatic heterocycles. The molecule has 4 aromatic rings. The fourth-order valence-electron chi connectivity index (χ4n) is 6.12. The highest BCUT2D eigenvalue weighted by molar-refractivity contribution is 5.91. The van der Waals surface area contributed by atoms with Crippen LogP contribution in [0.25, 0.3) is 11.1 Å². The number of amides is 2. The molecule has 2 heterocycles. The molecule has 2 amide bonds. The Kier molecular flexibility index (Phi) is 9.26. The molecule has 0 spiro atoms. The van der Waals surface area contributed by atoms with E-state index >= 15 is 0 Å². The smallest absolute Gasteiger partial charge is 0.338 e. The van der Waals surface area contributed by atoms with Crippen LogP contribution < -0.4 is 15.0 Å². The lowest BCUT2D eigenvalue weighted by Gasteiger charge is -2.46. The maximum Gasteiger partial charge on any atom is 0.338 e. The molecule has 0 saturated carbocycles. The van der Waals surface area contributed by atoms with E-state index in [0.29, 0.717) is 18.5 Å². The molecular weight excluding hydrogens is 571 g/mol. The third-order valence-electron chi connectivity index (χ3n) is 8.63. The van der Waals surface area contributed by atoms with Gasteiger partial charge in [-0.2, -0.15) is 0 Å². The average Bonchev–Trinajstić information content (AvgIpc) is 3.10. The van der Waals surface area contributed by atoms with Crippen molar-refractivity contribution in [3.8, 4) is 16.9 Å². The molecule has 0 bridgehead atoms. The van der Waals surface area contributed by atoms with Crippen LogP contribution in [-0.2, 0) is 4.74 Å². The lowest BCUT2D eigenvalue weighted by Crippen LogP contribution is -2.60. The number of ether oxygens (including phenoxy) is 2. The Bertz CT molecular complexity index is 1590. The molecule has 1 N–H and O–H groups in total. The molecule has 2 aliphatic rings. The predicted molar refractivity (Wildman–Crippen MR) is 173 cm³/mol. The van der Waals surface area contributed by atoms with E-state index in [1.807, 2.05) is 54.6 Å². The van der Waals surface area contributed by atoms with Gasteiger partial charge in [-0.05, 0) is 66.1 Å². The summed E-state index contributed by atoms with van der Waals surface area (Å²) in [5.41, 5.74) is 3.78. The number of likely N-dealkylation sites (tertiary alicyclic amines) is 1. The van der Waals surface area contributed by atoms with Gasteiger partial charge in [-0.15, -0.1) is 0 Å². The number of nitrogens with one attached hydrogen (secondary N) is 1. The summed E-state index contributed by atoms with van der Waals surface area (Å²) in [5, 5.41) is 2.68. The summed E-state index contributed by atoms with van der Waals surface area (Å²) in [7, 11) is 1.66. The molecular formula is C36H37FN4O4. The van der Waals surface area contributed by atoms with Gasteiger partial charge < -0.3 is 24.6 Å². The maximum atomic E-state index is 14.3. The topological polar surface area (TPSA) is 74.3 Å². The summed E-state index contributed by atoms with van der Waals surface area (Å²) in [5.74, 6) is -0.113. The van der Waals surface area contributed by atoms with E-state index in [0.717, 1.165) is 48.7 Å². The van der Waals surface area contributed by atoms with Crippen LogP contribution in [0, 0.1) is 5.82 Å². The number of carbonyl (C=O) groups is 2. The van der Waals surface area contributed by atoms with Gasteiger partial charge in [0.25, 0.3) is 0 Å². The number of piperazine rings is 1. The second-order valence-electron chi connectivity index (χ2n) is 11.3. The number of methoxy groups -OCH3 is 1. The van der Waals surface area contributed by atoms with Crippen LogP contribution in [0.3, 0.4) is 0 Å². The zero-order chi connectivity index (χ0) is 31.2. The third kappa shape index (κ3) is 7.10. The van der Waals surface area contributed by atoms with Crippen molar-refractivity contribution in [2.24, 2.45) is 0 Å². The van der Waals surface area contributed by atoms with Crippen molar-refractivity contribution >= 4 is 23.4 Å². The van der Waals surface area contributed by atoms with Crippen molar-refractivity contribution in [1.82, 2.24) is 9.80 Å². The van der Waals surface area contributed by atoms with Crippen LogP contribution in [-0.4, -0.2) is 80.3 Å². The molecule has 0 aliphatic carbocycles. The zero-order valence-corrected chi connectivity index (χ0v) is 25.3. The molecule has 0 aromatic heterocycles. The number of nitrogens with zero attached hydrogens (tertiary/aromatic N) is 3. The highest BCUT2D eigenvalue weighted by Gasteiger charge is 2.39. The predicted octanol–water partition coefficient (Wildman–Crippen LogP) is 6.16. The summed E-state index contributed by atoms with van der Waals surface area (Å²) in [6.45, 7) is 3.89. The van der Waals surface area contributed by atoms with Crippen LogP contribution in [0.2, 0.25) is 0 Å². The molecule has 2 atom stereocenters. The van der Waals surface area contributed by atoms with Gasteiger partial charge in [-0.1, -0.05) is 54.6 Å². The average molecular weight is 609 g/mol. The van der Waals surface area contributed by atoms with Gasteiger partial charge >= 0.3 is 12.0 Å². The van der Waals surface area contributed by atoms with Gasteiger partial charge in [0.2, 0.25) is 0 Å². The Labute approximate surface area is 263 Å². The lowest BCUT2D eigenvalue weighted by molar-refractivity contribution is -0.0302. The van der Waals surface area contributed by atoms with Crippen molar-refractivity contribution in [3.63, 3.8) is 0 Å². The number of esters is 1. The molecule has 9 heteroatoms. The first-order valence-electron chi connectivity index (χ1n) is 15.3. The Morgan fingerprint density at radius 3 is 2.13 bits per heavy atom. The standard InChI is InChI=1S/C36H37FN4O4/c1-44-30-17-15-29(16-18-30)39-21-23-40(24-22-39)33-19-20-41(36(43)38-32-10-6-5-9-31(32)37)25-34(33)45-35(42)28-13-11-27(12-14-28)26-7-3-2-4-8-26/h2-18,33-34H,19-25H2,1H3,(H,38,43)/t33-,34-/m1/s1. The highest BCUT2D eigenvalue weighted by Crippen LogP contribution is 2.27. The van der Waals surface area contributed by atoms with Crippen molar-refractivity contribution in [2.45, 2.75) is 18.6 Å². The number of halogens is 1. The fourth-order valence-corrected chi connectivity index (χ4v) is 6.12. The third-order valence-corrected chi connectivity index (χ3v) is 8.63. The molecule has 6 rings (SSSR count). The molecule has 2 fully saturated rings. The Hall–Kier alpha value is -4.89. The minimum Gasteiger partial charge on any atom is -0.497 e. The second kappa shape index (κ2) is 13.8.